The number of hydrogen-bond donors (Lipinski definition) is 1. The minimum absolute atomic E-state index is 0.652. The van der Waals surface area contributed by atoms with Crippen LogP contribution in [0.25, 0.3) is 0 Å². The number of aliphatic hydroxyl groups is 1. The molecule has 0 saturated carbocycles. The highest BCUT2D eigenvalue weighted by Gasteiger charge is 2.45. The van der Waals surface area contributed by atoms with Gasteiger partial charge in [-0.05, 0) is 12.1 Å². The number of fused-ring (bicyclic) bond motifs is 1. The molecule has 0 saturated heterocycles. The Morgan fingerprint density at radius 1 is 1.10 bits per heavy atom. The van der Waals surface area contributed by atoms with Gasteiger partial charge in [-0.1, -0.05) is 48.6 Å². The molecule has 102 valence electrons. The van der Waals surface area contributed by atoms with E-state index in [9.17, 15) is 5.11 Å². The fraction of sp³-hybridized carbons (Fsp3) is 0.188. The van der Waals surface area contributed by atoms with Gasteiger partial charge in [-0.15, -0.1) is 0 Å². The van der Waals surface area contributed by atoms with Crippen LogP contribution in [0.15, 0.2) is 48.5 Å². The number of hydrogen-bond acceptors (Lipinski definition) is 3. The smallest absolute Gasteiger partial charge is 0.192 e. The number of benzene rings is 2. The summed E-state index contributed by atoms with van der Waals surface area (Å²) in [5.74, 6) is 0.758. The highest BCUT2D eigenvalue weighted by atomic mass is 32.1. The van der Waals surface area contributed by atoms with Crippen molar-refractivity contribution in [1.82, 2.24) is 4.90 Å². The fourth-order valence-corrected chi connectivity index (χ4v) is 2.96. The average Bonchev–Trinajstić information content (AvgIpc) is 2.71. The van der Waals surface area contributed by atoms with Crippen LogP contribution in [0.2, 0.25) is 0 Å². The molecule has 0 fully saturated rings. The zero-order valence-electron chi connectivity index (χ0n) is 11.3. The maximum atomic E-state index is 11.2. The second-order valence-corrected chi connectivity index (χ2v) is 5.20. The zero-order chi connectivity index (χ0) is 14.3. The SMILES string of the molecule is COc1ccc(C2(O)c3ccccc3C(=S)N2C)cc1. The number of methoxy groups -OCH3 is 1. The molecular formula is C16H15NO2S. The van der Waals surface area contributed by atoms with Gasteiger partial charge in [-0.25, -0.2) is 0 Å². The molecule has 4 heteroatoms. The van der Waals surface area contributed by atoms with Crippen molar-refractivity contribution in [1.29, 1.82) is 0 Å². The van der Waals surface area contributed by atoms with Crippen LogP contribution in [-0.2, 0) is 5.72 Å². The third kappa shape index (κ3) is 1.65. The predicted molar refractivity (Wildman–Crippen MR) is 81.9 cm³/mol. The summed E-state index contributed by atoms with van der Waals surface area (Å²) in [6.45, 7) is 0. The number of nitrogens with zero attached hydrogens (tertiary/aromatic N) is 1. The van der Waals surface area contributed by atoms with Gasteiger partial charge >= 0.3 is 0 Å². The number of thiocarbonyl (C=S) groups is 1. The summed E-state index contributed by atoms with van der Waals surface area (Å²) in [4.78, 5) is 2.38. The zero-order valence-corrected chi connectivity index (χ0v) is 12.1. The Balaban J connectivity index is 2.17. The Hall–Kier alpha value is -1.91. The van der Waals surface area contributed by atoms with Crippen LogP contribution < -0.4 is 4.74 Å². The Morgan fingerprint density at radius 2 is 1.75 bits per heavy atom. The second kappa shape index (κ2) is 4.58. The topological polar surface area (TPSA) is 32.7 Å². The Morgan fingerprint density at radius 3 is 2.40 bits per heavy atom. The van der Waals surface area contributed by atoms with Crippen molar-refractivity contribution in [3.05, 3.63) is 65.2 Å². The summed E-state index contributed by atoms with van der Waals surface area (Å²) in [5.41, 5.74) is 1.27. The molecule has 20 heavy (non-hydrogen) atoms. The van der Waals surface area contributed by atoms with E-state index in [1.807, 2.05) is 55.6 Å². The van der Waals surface area contributed by atoms with Crippen LogP contribution >= 0.6 is 12.2 Å². The van der Waals surface area contributed by atoms with E-state index < -0.39 is 5.72 Å². The van der Waals surface area contributed by atoms with Crippen LogP contribution in [-0.4, -0.2) is 29.2 Å². The van der Waals surface area contributed by atoms with E-state index in [1.165, 1.54) is 0 Å². The van der Waals surface area contributed by atoms with Gasteiger partial charge in [-0.2, -0.15) is 0 Å². The van der Waals surface area contributed by atoms with Crippen LogP contribution in [0.5, 0.6) is 5.75 Å². The molecule has 1 unspecified atom stereocenters. The molecule has 2 aromatic rings. The average molecular weight is 285 g/mol. The van der Waals surface area contributed by atoms with Gasteiger partial charge in [0, 0.05) is 23.7 Å². The summed E-state index contributed by atoms with van der Waals surface area (Å²) in [5, 5.41) is 11.2. The van der Waals surface area contributed by atoms with Gasteiger partial charge in [0.25, 0.3) is 0 Å². The summed E-state index contributed by atoms with van der Waals surface area (Å²) in [6, 6.07) is 15.1. The molecule has 2 aromatic carbocycles. The van der Waals surface area contributed by atoms with E-state index in [-0.39, 0.29) is 0 Å². The van der Waals surface area contributed by atoms with Gasteiger partial charge in [0.05, 0.1) is 7.11 Å². The largest absolute Gasteiger partial charge is 0.497 e. The molecule has 0 bridgehead atoms. The van der Waals surface area contributed by atoms with Gasteiger partial charge in [-0.3, -0.25) is 0 Å². The second-order valence-electron chi connectivity index (χ2n) is 4.81. The van der Waals surface area contributed by atoms with Crippen LogP contribution in [0, 0.1) is 0 Å². The minimum atomic E-state index is -1.22. The first-order chi connectivity index (χ1) is 9.59. The molecule has 1 aliphatic rings. The molecule has 1 atom stereocenters. The molecule has 1 heterocycles. The molecule has 0 spiro atoms. The minimum Gasteiger partial charge on any atom is -0.497 e. The van der Waals surface area contributed by atoms with Crippen molar-refractivity contribution in [3.8, 4) is 5.75 Å². The van der Waals surface area contributed by atoms with Gasteiger partial charge in [0.2, 0.25) is 0 Å². The molecular weight excluding hydrogens is 270 g/mol. The van der Waals surface area contributed by atoms with E-state index in [1.54, 1.807) is 12.0 Å². The Labute approximate surface area is 123 Å². The quantitative estimate of drug-likeness (QED) is 0.860. The van der Waals surface area contributed by atoms with E-state index in [4.69, 9.17) is 17.0 Å². The van der Waals surface area contributed by atoms with Crippen molar-refractivity contribution < 1.29 is 9.84 Å². The van der Waals surface area contributed by atoms with Gasteiger partial charge < -0.3 is 14.7 Å². The predicted octanol–water partition coefficient (Wildman–Crippen LogP) is 2.51. The van der Waals surface area contributed by atoms with Crippen molar-refractivity contribution in [3.63, 3.8) is 0 Å². The van der Waals surface area contributed by atoms with E-state index >= 15 is 0 Å². The maximum absolute atomic E-state index is 11.2. The van der Waals surface area contributed by atoms with Crippen LogP contribution in [0.3, 0.4) is 0 Å². The van der Waals surface area contributed by atoms with Crippen LogP contribution in [0.4, 0.5) is 0 Å². The van der Waals surface area contributed by atoms with Crippen LogP contribution in [0.1, 0.15) is 16.7 Å². The van der Waals surface area contributed by atoms with Crippen molar-refractivity contribution in [2.45, 2.75) is 5.72 Å². The van der Waals surface area contributed by atoms with E-state index in [2.05, 4.69) is 0 Å². The standard InChI is InChI=1S/C16H15NO2S/c1-17-15(20)13-5-3-4-6-14(13)16(17,18)11-7-9-12(19-2)10-8-11/h3-10,18H,1-2H3. The lowest BCUT2D eigenvalue weighted by Gasteiger charge is -2.33. The first-order valence-electron chi connectivity index (χ1n) is 6.33. The molecule has 0 aliphatic carbocycles. The molecule has 0 radical (unpaired) electrons. The Bertz CT molecular complexity index is 668. The summed E-state index contributed by atoms with van der Waals surface area (Å²) in [6.07, 6.45) is 0. The monoisotopic (exact) mass is 285 g/mol. The number of rotatable bonds is 2. The lowest BCUT2D eigenvalue weighted by atomic mass is 9.94. The summed E-state index contributed by atoms with van der Waals surface area (Å²) < 4.78 is 5.16. The van der Waals surface area contributed by atoms with Crippen molar-refractivity contribution in [2.75, 3.05) is 14.2 Å². The normalized spacial score (nSPS) is 20.9. The Kier molecular flexibility index (Phi) is 3.00. The van der Waals surface area contributed by atoms with E-state index in [0.29, 0.717) is 4.99 Å². The molecule has 3 nitrogen and oxygen atoms in total. The fourth-order valence-electron chi connectivity index (χ4n) is 2.65. The lowest BCUT2D eigenvalue weighted by Crippen LogP contribution is -2.41. The first kappa shape index (κ1) is 13.1. The third-order valence-corrected chi connectivity index (χ3v) is 4.31. The molecule has 3 rings (SSSR count). The third-order valence-electron chi connectivity index (χ3n) is 3.82. The van der Waals surface area contributed by atoms with Crippen molar-refractivity contribution >= 4 is 17.2 Å². The first-order valence-corrected chi connectivity index (χ1v) is 6.74. The van der Waals surface area contributed by atoms with Gasteiger partial charge in [0.1, 0.15) is 10.7 Å². The molecule has 0 aromatic heterocycles. The highest BCUT2D eigenvalue weighted by Crippen LogP contribution is 2.41. The maximum Gasteiger partial charge on any atom is 0.192 e. The molecule has 1 N–H and O–H groups in total. The summed E-state index contributed by atoms with van der Waals surface area (Å²) in [7, 11) is 3.43. The van der Waals surface area contributed by atoms with E-state index in [0.717, 1.165) is 22.4 Å². The molecule has 0 amide bonds. The summed E-state index contributed by atoms with van der Waals surface area (Å²) >= 11 is 5.44. The van der Waals surface area contributed by atoms with Crippen molar-refractivity contribution in [2.24, 2.45) is 0 Å². The lowest BCUT2D eigenvalue weighted by molar-refractivity contribution is -0.0149. The molecule has 1 aliphatic heterocycles. The number of ether oxygens (including phenoxy) is 1. The highest BCUT2D eigenvalue weighted by molar-refractivity contribution is 7.80. The van der Waals surface area contributed by atoms with Gasteiger partial charge in [0.15, 0.2) is 5.72 Å².